The average Bonchev–Trinajstić information content (AvgIpc) is 3.31. The molecule has 7 nitrogen and oxygen atoms in total. The summed E-state index contributed by atoms with van der Waals surface area (Å²) in [4.78, 5) is 24.6. The smallest absolute Gasteiger partial charge is 0.358 e. The second-order valence-electron chi connectivity index (χ2n) is 5.97. The quantitative estimate of drug-likeness (QED) is 0.839. The van der Waals surface area contributed by atoms with Crippen LogP contribution in [0.25, 0.3) is 5.69 Å². The van der Waals surface area contributed by atoms with Crippen LogP contribution in [0.15, 0.2) is 36.4 Å². The molecule has 0 bridgehead atoms. The molecule has 1 aromatic heterocycles. The molecule has 25 heavy (non-hydrogen) atoms. The number of benzene rings is 1. The lowest BCUT2D eigenvalue weighted by Crippen LogP contribution is -2.41. The highest BCUT2D eigenvalue weighted by Crippen LogP contribution is 2.17. The number of hydrogen-bond donors (Lipinski definition) is 1. The fourth-order valence-corrected chi connectivity index (χ4v) is 2.88. The number of aromatic nitrogens is 2. The molecular formula is C18H21N3O4. The van der Waals surface area contributed by atoms with E-state index in [1.54, 1.807) is 0 Å². The normalized spacial score (nSPS) is 17.9. The van der Waals surface area contributed by atoms with Crippen molar-refractivity contribution in [3.63, 3.8) is 0 Å². The highest BCUT2D eigenvalue weighted by molar-refractivity contribution is 5.96. The van der Waals surface area contributed by atoms with E-state index in [0.717, 1.165) is 19.4 Å². The number of amides is 1. The Labute approximate surface area is 145 Å². The van der Waals surface area contributed by atoms with Gasteiger partial charge in [-0.1, -0.05) is 18.2 Å². The Morgan fingerprint density at radius 1 is 1.36 bits per heavy atom. The number of hydrogen-bond acceptors (Lipinski definition) is 5. The predicted octanol–water partition coefficient (Wildman–Crippen LogP) is 1.96. The summed E-state index contributed by atoms with van der Waals surface area (Å²) in [6.07, 6.45) is 1.93. The van der Waals surface area contributed by atoms with Crippen LogP contribution in [0.1, 0.15) is 40.7 Å². The second kappa shape index (κ2) is 7.48. The standard InChI is InChI=1S/C18H21N3O4/c1-12(16-9-6-10-25-16)19-17(22)15-11-14(18(23)24-2)20-21(15)13-7-4-3-5-8-13/h3-5,7-8,11-12,16H,6,9-10H2,1-2H3,(H,19,22)/t12-,16+/m1/s1. The summed E-state index contributed by atoms with van der Waals surface area (Å²) in [7, 11) is 1.28. The predicted molar refractivity (Wildman–Crippen MR) is 90.8 cm³/mol. The van der Waals surface area contributed by atoms with Crippen molar-refractivity contribution in [2.45, 2.75) is 31.9 Å². The molecule has 0 spiro atoms. The van der Waals surface area contributed by atoms with Crippen molar-refractivity contribution < 1.29 is 19.1 Å². The molecular weight excluding hydrogens is 322 g/mol. The highest BCUT2D eigenvalue weighted by Gasteiger charge is 2.26. The molecule has 2 heterocycles. The van der Waals surface area contributed by atoms with Gasteiger partial charge in [0.2, 0.25) is 0 Å². The zero-order valence-corrected chi connectivity index (χ0v) is 14.3. The van der Waals surface area contributed by atoms with Crippen LogP contribution in [0.2, 0.25) is 0 Å². The summed E-state index contributed by atoms with van der Waals surface area (Å²) in [5, 5.41) is 7.17. The Bertz CT molecular complexity index is 751. The number of carbonyl (C=O) groups excluding carboxylic acids is 2. The van der Waals surface area contributed by atoms with Crippen LogP contribution in [-0.4, -0.2) is 47.5 Å². The third kappa shape index (κ3) is 3.71. The van der Waals surface area contributed by atoms with Crippen molar-refractivity contribution in [3.8, 4) is 5.69 Å². The zero-order chi connectivity index (χ0) is 17.8. The number of nitrogens with one attached hydrogen (secondary N) is 1. The van der Waals surface area contributed by atoms with Crippen LogP contribution in [0.5, 0.6) is 0 Å². The van der Waals surface area contributed by atoms with Crippen molar-refractivity contribution in [1.29, 1.82) is 0 Å². The molecule has 0 radical (unpaired) electrons. The maximum absolute atomic E-state index is 12.8. The molecule has 2 aromatic rings. The number of para-hydroxylation sites is 1. The van der Waals surface area contributed by atoms with Gasteiger partial charge in [-0.2, -0.15) is 5.10 Å². The topological polar surface area (TPSA) is 82.5 Å². The molecule has 1 fully saturated rings. The van der Waals surface area contributed by atoms with E-state index in [1.165, 1.54) is 17.9 Å². The maximum Gasteiger partial charge on any atom is 0.358 e. The van der Waals surface area contributed by atoms with Crippen molar-refractivity contribution in [2.75, 3.05) is 13.7 Å². The van der Waals surface area contributed by atoms with E-state index in [2.05, 4.69) is 10.4 Å². The molecule has 1 amide bonds. The molecule has 1 aliphatic heterocycles. The Kier molecular flexibility index (Phi) is 5.14. The fraction of sp³-hybridized carbons (Fsp3) is 0.389. The van der Waals surface area contributed by atoms with Gasteiger partial charge in [0.25, 0.3) is 5.91 Å². The SMILES string of the molecule is COC(=O)c1cc(C(=O)N[C@H](C)[C@@H]2CCCO2)n(-c2ccccc2)n1. The summed E-state index contributed by atoms with van der Waals surface area (Å²) in [5.41, 5.74) is 1.05. The molecule has 0 saturated carbocycles. The van der Waals surface area contributed by atoms with Gasteiger partial charge in [0.05, 0.1) is 24.9 Å². The molecule has 132 valence electrons. The molecule has 7 heteroatoms. The summed E-state index contributed by atoms with van der Waals surface area (Å²) in [5.74, 6) is -0.898. The molecule has 1 N–H and O–H groups in total. The lowest BCUT2D eigenvalue weighted by Gasteiger charge is -2.20. The van der Waals surface area contributed by atoms with Crippen molar-refractivity contribution in [2.24, 2.45) is 0 Å². The average molecular weight is 343 g/mol. The molecule has 0 unspecified atom stereocenters. The van der Waals surface area contributed by atoms with E-state index in [-0.39, 0.29) is 29.4 Å². The Balaban J connectivity index is 1.89. The van der Waals surface area contributed by atoms with Gasteiger partial charge in [0.1, 0.15) is 5.69 Å². The first-order valence-corrected chi connectivity index (χ1v) is 8.26. The fourth-order valence-electron chi connectivity index (χ4n) is 2.88. The lowest BCUT2D eigenvalue weighted by molar-refractivity contribution is 0.0593. The highest BCUT2D eigenvalue weighted by atomic mass is 16.5. The van der Waals surface area contributed by atoms with Gasteiger partial charge in [-0.25, -0.2) is 9.48 Å². The van der Waals surface area contributed by atoms with Crippen LogP contribution in [0.3, 0.4) is 0 Å². The zero-order valence-electron chi connectivity index (χ0n) is 14.3. The van der Waals surface area contributed by atoms with E-state index >= 15 is 0 Å². The van der Waals surface area contributed by atoms with E-state index in [0.29, 0.717) is 5.69 Å². The van der Waals surface area contributed by atoms with Gasteiger partial charge in [-0.3, -0.25) is 4.79 Å². The molecule has 2 atom stereocenters. The van der Waals surface area contributed by atoms with E-state index < -0.39 is 5.97 Å². The van der Waals surface area contributed by atoms with Crippen molar-refractivity contribution in [3.05, 3.63) is 47.8 Å². The van der Waals surface area contributed by atoms with Gasteiger partial charge in [-0.15, -0.1) is 0 Å². The van der Waals surface area contributed by atoms with E-state index in [1.807, 2.05) is 37.3 Å². The molecule has 1 aromatic carbocycles. The van der Waals surface area contributed by atoms with E-state index in [4.69, 9.17) is 9.47 Å². The summed E-state index contributed by atoms with van der Waals surface area (Å²) < 4.78 is 11.8. The van der Waals surface area contributed by atoms with Crippen molar-refractivity contribution >= 4 is 11.9 Å². The van der Waals surface area contributed by atoms with Crippen LogP contribution in [-0.2, 0) is 9.47 Å². The molecule has 1 saturated heterocycles. The van der Waals surface area contributed by atoms with Crippen LogP contribution in [0, 0.1) is 0 Å². The monoisotopic (exact) mass is 343 g/mol. The number of carbonyl (C=O) groups is 2. The Morgan fingerprint density at radius 3 is 2.76 bits per heavy atom. The minimum absolute atomic E-state index is 0.0112. The summed E-state index contributed by atoms with van der Waals surface area (Å²) in [6.45, 7) is 2.64. The van der Waals surface area contributed by atoms with Gasteiger partial charge in [0.15, 0.2) is 5.69 Å². The molecule has 1 aliphatic rings. The number of methoxy groups -OCH3 is 1. The maximum atomic E-state index is 12.8. The Hall–Kier alpha value is -2.67. The number of ether oxygens (including phenoxy) is 2. The van der Waals surface area contributed by atoms with Gasteiger partial charge >= 0.3 is 5.97 Å². The third-order valence-electron chi connectivity index (χ3n) is 4.22. The van der Waals surface area contributed by atoms with Gasteiger partial charge < -0.3 is 14.8 Å². The van der Waals surface area contributed by atoms with Crippen molar-refractivity contribution in [1.82, 2.24) is 15.1 Å². The largest absolute Gasteiger partial charge is 0.464 e. The minimum atomic E-state index is -0.587. The van der Waals surface area contributed by atoms with Gasteiger partial charge in [0, 0.05) is 12.7 Å². The molecule has 3 rings (SSSR count). The first-order valence-electron chi connectivity index (χ1n) is 8.26. The third-order valence-corrected chi connectivity index (χ3v) is 4.22. The number of nitrogens with zero attached hydrogens (tertiary/aromatic N) is 2. The first kappa shape index (κ1) is 17.2. The summed E-state index contributed by atoms with van der Waals surface area (Å²) in [6, 6.07) is 10.5. The minimum Gasteiger partial charge on any atom is -0.464 e. The van der Waals surface area contributed by atoms with Crippen LogP contribution >= 0.6 is 0 Å². The molecule has 0 aliphatic carbocycles. The van der Waals surface area contributed by atoms with Crippen LogP contribution < -0.4 is 5.32 Å². The second-order valence-corrected chi connectivity index (χ2v) is 5.97. The first-order chi connectivity index (χ1) is 12.1. The summed E-state index contributed by atoms with van der Waals surface area (Å²) >= 11 is 0. The lowest BCUT2D eigenvalue weighted by atomic mass is 10.1. The number of rotatable bonds is 5. The number of esters is 1. The van der Waals surface area contributed by atoms with E-state index in [9.17, 15) is 9.59 Å². The van der Waals surface area contributed by atoms with Crippen LogP contribution in [0.4, 0.5) is 0 Å². The Morgan fingerprint density at radius 2 is 2.12 bits per heavy atom. The van der Waals surface area contributed by atoms with Gasteiger partial charge in [-0.05, 0) is 31.9 Å².